The number of amides is 1. The largest absolute Gasteiger partial charge is 0.507 e. The molecular weight excluding hydrogens is 306 g/mol. The third-order valence-electron chi connectivity index (χ3n) is 4.29. The predicted octanol–water partition coefficient (Wildman–Crippen LogP) is 3.23. The van der Waals surface area contributed by atoms with Crippen molar-refractivity contribution in [3.8, 4) is 5.75 Å². The topological polar surface area (TPSA) is 40.5 Å². The van der Waals surface area contributed by atoms with Gasteiger partial charge in [0.05, 0.1) is 5.56 Å². The van der Waals surface area contributed by atoms with Gasteiger partial charge in [-0.3, -0.25) is 4.79 Å². The van der Waals surface area contributed by atoms with E-state index >= 15 is 0 Å². The zero-order valence-electron chi connectivity index (χ0n) is 11.0. The second-order valence-electron chi connectivity index (χ2n) is 5.69. The fourth-order valence-corrected chi connectivity index (χ4v) is 4.27. The molecular formula is C15H18BrNO2. The number of aryl methyl sites for hydroxylation is 1. The molecule has 19 heavy (non-hydrogen) atoms. The predicted molar refractivity (Wildman–Crippen MR) is 77.8 cm³/mol. The maximum atomic E-state index is 12.6. The van der Waals surface area contributed by atoms with Gasteiger partial charge in [-0.25, -0.2) is 0 Å². The van der Waals surface area contributed by atoms with Crippen molar-refractivity contribution in [1.29, 1.82) is 0 Å². The fourth-order valence-electron chi connectivity index (χ4n) is 3.40. The molecule has 1 amide bonds. The molecule has 2 unspecified atom stereocenters. The SMILES string of the molecule is Cc1ccc(C(=O)N2C3CCC2CC(Br)C3)c(O)c1. The molecule has 4 heteroatoms. The summed E-state index contributed by atoms with van der Waals surface area (Å²) in [4.78, 5) is 15.2. The number of phenols is 1. The Bertz CT molecular complexity index is 503. The highest BCUT2D eigenvalue weighted by atomic mass is 79.9. The van der Waals surface area contributed by atoms with E-state index in [1.165, 1.54) is 0 Å². The smallest absolute Gasteiger partial charge is 0.258 e. The lowest BCUT2D eigenvalue weighted by Crippen LogP contribution is -2.46. The summed E-state index contributed by atoms with van der Waals surface area (Å²) in [5, 5.41) is 9.98. The van der Waals surface area contributed by atoms with Crippen LogP contribution in [0, 0.1) is 6.92 Å². The molecule has 2 heterocycles. The number of aromatic hydroxyl groups is 1. The molecule has 102 valence electrons. The number of carbonyl (C=O) groups excluding carboxylic acids is 1. The Balaban J connectivity index is 1.88. The first-order valence-electron chi connectivity index (χ1n) is 6.82. The van der Waals surface area contributed by atoms with Gasteiger partial charge < -0.3 is 10.0 Å². The van der Waals surface area contributed by atoms with Crippen molar-refractivity contribution in [2.45, 2.75) is 49.5 Å². The molecule has 3 nitrogen and oxygen atoms in total. The van der Waals surface area contributed by atoms with Gasteiger partial charge in [0.2, 0.25) is 0 Å². The number of phenolic OH excluding ortho intramolecular Hbond substituents is 1. The van der Waals surface area contributed by atoms with Gasteiger partial charge in [0.25, 0.3) is 5.91 Å². The highest BCUT2D eigenvalue weighted by Gasteiger charge is 2.43. The first-order valence-corrected chi connectivity index (χ1v) is 7.74. The monoisotopic (exact) mass is 323 g/mol. The zero-order valence-corrected chi connectivity index (χ0v) is 12.6. The summed E-state index contributed by atoms with van der Waals surface area (Å²) in [6.07, 6.45) is 4.22. The van der Waals surface area contributed by atoms with E-state index in [0.717, 1.165) is 31.2 Å². The van der Waals surface area contributed by atoms with Crippen molar-refractivity contribution in [2.75, 3.05) is 0 Å². The molecule has 2 bridgehead atoms. The quantitative estimate of drug-likeness (QED) is 0.806. The number of alkyl halides is 1. The summed E-state index contributed by atoms with van der Waals surface area (Å²) in [6, 6.07) is 5.94. The lowest BCUT2D eigenvalue weighted by Gasteiger charge is -2.37. The number of benzene rings is 1. The number of nitrogens with zero attached hydrogens (tertiary/aromatic N) is 1. The average molecular weight is 324 g/mol. The lowest BCUT2D eigenvalue weighted by atomic mass is 10.0. The Morgan fingerprint density at radius 3 is 2.53 bits per heavy atom. The molecule has 0 saturated carbocycles. The van der Waals surface area contributed by atoms with E-state index in [2.05, 4.69) is 15.9 Å². The normalized spacial score (nSPS) is 29.6. The van der Waals surface area contributed by atoms with Crippen molar-refractivity contribution < 1.29 is 9.90 Å². The molecule has 0 aliphatic carbocycles. The van der Waals surface area contributed by atoms with E-state index in [-0.39, 0.29) is 11.7 Å². The Morgan fingerprint density at radius 1 is 1.32 bits per heavy atom. The average Bonchev–Trinajstić information content (AvgIpc) is 2.61. The minimum Gasteiger partial charge on any atom is -0.507 e. The van der Waals surface area contributed by atoms with E-state index in [9.17, 15) is 9.90 Å². The van der Waals surface area contributed by atoms with Crippen LogP contribution in [0.3, 0.4) is 0 Å². The second kappa shape index (κ2) is 4.82. The minimum absolute atomic E-state index is 0.00981. The van der Waals surface area contributed by atoms with Crippen molar-refractivity contribution in [1.82, 2.24) is 4.90 Å². The van der Waals surface area contributed by atoms with Crippen LogP contribution in [0.4, 0.5) is 0 Å². The fraction of sp³-hybridized carbons (Fsp3) is 0.533. The van der Waals surface area contributed by atoms with Gasteiger partial charge >= 0.3 is 0 Å². The van der Waals surface area contributed by atoms with Crippen molar-refractivity contribution >= 4 is 21.8 Å². The Hall–Kier alpha value is -1.03. The third-order valence-corrected chi connectivity index (χ3v) is 5.04. The molecule has 1 aromatic carbocycles. The Labute approximate surface area is 121 Å². The number of fused-ring (bicyclic) bond motifs is 2. The van der Waals surface area contributed by atoms with E-state index in [1.54, 1.807) is 12.1 Å². The summed E-state index contributed by atoms with van der Waals surface area (Å²) in [6.45, 7) is 1.91. The van der Waals surface area contributed by atoms with Crippen molar-refractivity contribution in [2.24, 2.45) is 0 Å². The first kappa shape index (κ1) is 13.0. The van der Waals surface area contributed by atoms with Crippen LogP contribution >= 0.6 is 15.9 Å². The summed E-state index contributed by atoms with van der Waals surface area (Å²) in [5.74, 6) is 0.0924. The highest BCUT2D eigenvalue weighted by molar-refractivity contribution is 9.09. The minimum atomic E-state index is -0.00981. The molecule has 0 aromatic heterocycles. The van der Waals surface area contributed by atoms with E-state index in [4.69, 9.17) is 0 Å². The van der Waals surface area contributed by atoms with Crippen LogP contribution in [0.1, 0.15) is 41.6 Å². The summed E-state index contributed by atoms with van der Waals surface area (Å²) < 4.78 is 0. The van der Waals surface area contributed by atoms with Gasteiger partial charge in [0, 0.05) is 16.9 Å². The van der Waals surface area contributed by atoms with E-state index in [0.29, 0.717) is 22.5 Å². The number of rotatable bonds is 1. The van der Waals surface area contributed by atoms with Crippen LogP contribution in [0.5, 0.6) is 5.75 Å². The molecule has 2 aliphatic heterocycles. The molecule has 0 radical (unpaired) electrons. The van der Waals surface area contributed by atoms with E-state index in [1.807, 2.05) is 17.9 Å². The maximum absolute atomic E-state index is 12.6. The first-order chi connectivity index (χ1) is 9.06. The third kappa shape index (κ3) is 2.27. The van der Waals surface area contributed by atoms with Gasteiger partial charge in [0.1, 0.15) is 5.75 Å². The van der Waals surface area contributed by atoms with Crippen molar-refractivity contribution in [3.63, 3.8) is 0 Å². The van der Waals surface area contributed by atoms with Crippen molar-refractivity contribution in [3.05, 3.63) is 29.3 Å². The van der Waals surface area contributed by atoms with Gasteiger partial charge in [-0.1, -0.05) is 22.0 Å². The number of carbonyl (C=O) groups is 1. The Morgan fingerprint density at radius 2 is 1.95 bits per heavy atom. The van der Waals surface area contributed by atoms with E-state index < -0.39 is 0 Å². The van der Waals surface area contributed by atoms with Crippen LogP contribution < -0.4 is 0 Å². The van der Waals surface area contributed by atoms with Gasteiger partial charge in [-0.2, -0.15) is 0 Å². The number of hydrogen-bond acceptors (Lipinski definition) is 2. The number of hydrogen-bond donors (Lipinski definition) is 1. The zero-order chi connectivity index (χ0) is 13.6. The molecule has 0 spiro atoms. The van der Waals surface area contributed by atoms with Crippen LogP contribution in [-0.2, 0) is 0 Å². The molecule has 2 atom stereocenters. The van der Waals surface area contributed by atoms with Crippen LogP contribution in [-0.4, -0.2) is 32.8 Å². The van der Waals surface area contributed by atoms with Crippen LogP contribution in [0.25, 0.3) is 0 Å². The van der Waals surface area contributed by atoms with Crippen LogP contribution in [0.2, 0.25) is 0 Å². The molecule has 2 saturated heterocycles. The summed E-state index contributed by atoms with van der Waals surface area (Å²) >= 11 is 3.68. The molecule has 3 rings (SSSR count). The molecule has 2 fully saturated rings. The summed E-state index contributed by atoms with van der Waals surface area (Å²) in [7, 11) is 0. The Kier molecular flexibility index (Phi) is 3.29. The number of halogens is 1. The van der Waals surface area contributed by atoms with Crippen LogP contribution in [0.15, 0.2) is 18.2 Å². The highest BCUT2D eigenvalue weighted by Crippen LogP contribution is 2.40. The maximum Gasteiger partial charge on any atom is 0.258 e. The van der Waals surface area contributed by atoms with Gasteiger partial charge in [-0.15, -0.1) is 0 Å². The number of piperidine rings is 1. The molecule has 1 N–H and O–H groups in total. The van der Waals surface area contributed by atoms with Gasteiger partial charge in [-0.05, 0) is 50.3 Å². The molecule has 2 aliphatic rings. The second-order valence-corrected chi connectivity index (χ2v) is 6.98. The lowest BCUT2D eigenvalue weighted by molar-refractivity contribution is 0.0600. The van der Waals surface area contributed by atoms with Gasteiger partial charge in [0.15, 0.2) is 0 Å². The molecule has 1 aromatic rings. The summed E-state index contributed by atoms with van der Waals surface area (Å²) in [5.41, 5.74) is 1.41. The standard InChI is InChI=1S/C15H18BrNO2/c1-9-2-5-13(14(18)6-9)15(19)17-11-3-4-12(17)8-10(16)7-11/h2,5-6,10-12,18H,3-4,7-8H2,1H3.